The molecule has 0 aliphatic carbocycles. The molecule has 5 aromatic rings. The van der Waals surface area contributed by atoms with E-state index in [1.54, 1.807) is 29.8 Å². The minimum atomic E-state index is -1.02. The summed E-state index contributed by atoms with van der Waals surface area (Å²) in [5.41, 5.74) is 4.41. The van der Waals surface area contributed by atoms with Crippen LogP contribution in [0.3, 0.4) is 0 Å². The fourth-order valence-corrected chi connectivity index (χ4v) is 5.53. The second kappa shape index (κ2) is 11.0. The largest absolute Gasteiger partial charge is 0.478 e. The third kappa shape index (κ3) is 5.30. The number of aromatic nitrogens is 3. The van der Waals surface area contributed by atoms with Crippen LogP contribution in [0.5, 0.6) is 5.88 Å². The highest BCUT2D eigenvalue weighted by Crippen LogP contribution is 2.36. The predicted molar refractivity (Wildman–Crippen MR) is 147 cm³/mol. The number of nitrogens with zero attached hydrogens (tertiary/aromatic N) is 3. The Morgan fingerprint density at radius 3 is 2.73 bits per heavy atom. The van der Waals surface area contributed by atoms with Gasteiger partial charge in [-0.15, -0.1) is 11.3 Å². The number of rotatable bonds is 9. The van der Waals surface area contributed by atoms with Gasteiger partial charge >= 0.3 is 5.97 Å². The van der Waals surface area contributed by atoms with Crippen LogP contribution in [0.1, 0.15) is 33.7 Å². The molecule has 7 nitrogen and oxygen atoms in total. The van der Waals surface area contributed by atoms with Crippen molar-refractivity contribution in [2.45, 2.75) is 32.1 Å². The predicted octanol–water partition coefficient (Wildman–Crippen LogP) is 6.75. The Morgan fingerprint density at radius 2 is 2.00 bits per heavy atom. The number of fused-ring (bicyclic) bond motifs is 1. The standard InChI is InChI=1S/C29H22ClF2N3O4S/c30-19-4-2-18(22(31)12-19)14-39-28-27(40-15-33-28)21-5-1-16(9-23(21)32)10-26-34-24-6-3-17(29(36)37)11-25(24)35(26)13-20-7-8-38-20/h1-6,9,11-12,15,20H,7-8,10,13-14H2,(H,36,37)/t20-/m0/s1. The lowest BCUT2D eigenvalue weighted by Gasteiger charge is -2.27. The lowest BCUT2D eigenvalue weighted by molar-refractivity contribution is -0.0589. The maximum absolute atomic E-state index is 15.4. The Balaban J connectivity index is 1.25. The molecule has 1 aliphatic rings. The fourth-order valence-electron chi connectivity index (χ4n) is 4.61. The molecule has 0 amide bonds. The molecule has 3 aromatic carbocycles. The Kier molecular flexibility index (Phi) is 7.22. The molecule has 0 radical (unpaired) electrons. The molecule has 6 rings (SSSR count). The summed E-state index contributed by atoms with van der Waals surface area (Å²) in [5, 5.41) is 9.74. The summed E-state index contributed by atoms with van der Waals surface area (Å²) in [7, 11) is 0. The lowest BCUT2D eigenvalue weighted by atomic mass is 10.1. The minimum absolute atomic E-state index is 0.0230. The Morgan fingerprint density at radius 1 is 1.15 bits per heavy atom. The van der Waals surface area contributed by atoms with Crippen LogP contribution in [0.2, 0.25) is 5.02 Å². The van der Waals surface area contributed by atoms with Gasteiger partial charge in [0.15, 0.2) is 0 Å². The van der Waals surface area contributed by atoms with Gasteiger partial charge < -0.3 is 19.1 Å². The third-order valence-corrected chi connectivity index (χ3v) is 7.88. The minimum Gasteiger partial charge on any atom is -0.478 e. The van der Waals surface area contributed by atoms with Crippen molar-refractivity contribution in [3.8, 4) is 16.3 Å². The lowest BCUT2D eigenvalue weighted by Crippen LogP contribution is -2.31. The molecule has 0 bridgehead atoms. The first-order valence-electron chi connectivity index (χ1n) is 12.5. The van der Waals surface area contributed by atoms with Gasteiger partial charge in [-0.05, 0) is 48.4 Å². The van der Waals surface area contributed by atoms with Crippen molar-refractivity contribution < 1.29 is 28.2 Å². The van der Waals surface area contributed by atoms with Crippen molar-refractivity contribution in [2.24, 2.45) is 0 Å². The quantitative estimate of drug-likeness (QED) is 0.207. The number of aromatic carboxylic acids is 1. The van der Waals surface area contributed by atoms with Crippen molar-refractivity contribution in [1.82, 2.24) is 14.5 Å². The average molecular weight is 582 g/mol. The summed E-state index contributed by atoms with van der Waals surface area (Å²) in [6.07, 6.45) is 1.27. The molecule has 204 valence electrons. The molecule has 1 N–H and O–H groups in total. The van der Waals surface area contributed by atoms with Gasteiger partial charge in [0.25, 0.3) is 0 Å². The van der Waals surface area contributed by atoms with E-state index < -0.39 is 17.6 Å². The van der Waals surface area contributed by atoms with Crippen molar-refractivity contribution >= 4 is 39.9 Å². The number of benzene rings is 3. The molecular weight excluding hydrogens is 560 g/mol. The highest BCUT2D eigenvalue weighted by molar-refractivity contribution is 7.13. The van der Waals surface area contributed by atoms with Crippen LogP contribution in [-0.4, -0.2) is 38.3 Å². The third-order valence-electron chi connectivity index (χ3n) is 6.81. The average Bonchev–Trinajstić information content (AvgIpc) is 3.49. The van der Waals surface area contributed by atoms with Gasteiger partial charge in [-0.25, -0.2) is 23.5 Å². The van der Waals surface area contributed by atoms with Gasteiger partial charge in [-0.2, -0.15) is 0 Å². The van der Waals surface area contributed by atoms with Gasteiger partial charge in [0.2, 0.25) is 5.88 Å². The molecular formula is C29H22ClF2N3O4S. The highest BCUT2D eigenvalue weighted by atomic mass is 35.5. The molecule has 3 heterocycles. The molecule has 1 atom stereocenters. The van der Waals surface area contributed by atoms with Crippen LogP contribution in [-0.2, 0) is 24.3 Å². The highest BCUT2D eigenvalue weighted by Gasteiger charge is 2.23. The summed E-state index contributed by atoms with van der Waals surface area (Å²) in [4.78, 5) is 21.0. The first-order valence-corrected chi connectivity index (χ1v) is 13.7. The second-order valence-electron chi connectivity index (χ2n) is 9.43. The molecule has 0 spiro atoms. The van der Waals surface area contributed by atoms with E-state index in [1.807, 2.05) is 10.6 Å². The first kappa shape index (κ1) is 26.4. The van der Waals surface area contributed by atoms with Crippen LogP contribution in [0.25, 0.3) is 21.5 Å². The Hall–Kier alpha value is -3.86. The second-order valence-corrected chi connectivity index (χ2v) is 10.7. The summed E-state index contributed by atoms with van der Waals surface area (Å²) in [5.74, 6) is -1.07. The van der Waals surface area contributed by atoms with E-state index in [-0.39, 0.29) is 29.2 Å². The zero-order valence-corrected chi connectivity index (χ0v) is 22.5. The van der Waals surface area contributed by atoms with Crippen LogP contribution < -0.4 is 4.74 Å². The first-order chi connectivity index (χ1) is 19.4. The van der Waals surface area contributed by atoms with E-state index in [1.165, 1.54) is 35.6 Å². The van der Waals surface area contributed by atoms with Crippen LogP contribution in [0, 0.1) is 11.6 Å². The van der Waals surface area contributed by atoms with E-state index in [0.717, 1.165) is 6.42 Å². The zero-order chi connectivity index (χ0) is 27.8. The Bertz CT molecular complexity index is 1730. The zero-order valence-electron chi connectivity index (χ0n) is 20.9. The van der Waals surface area contributed by atoms with Gasteiger partial charge in [0.1, 0.15) is 28.9 Å². The fraction of sp³-hybridized carbons (Fsp3) is 0.207. The summed E-state index contributed by atoms with van der Waals surface area (Å²) < 4.78 is 42.9. The van der Waals surface area contributed by atoms with Crippen molar-refractivity contribution in [2.75, 3.05) is 6.61 Å². The van der Waals surface area contributed by atoms with E-state index >= 15 is 4.39 Å². The maximum atomic E-state index is 15.4. The topological polar surface area (TPSA) is 86.5 Å². The van der Waals surface area contributed by atoms with Crippen LogP contribution >= 0.6 is 22.9 Å². The summed E-state index contributed by atoms with van der Waals surface area (Å²) in [6.45, 7) is 1.15. The van der Waals surface area contributed by atoms with Crippen molar-refractivity contribution in [1.29, 1.82) is 0 Å². The monoisotopic (exact) mass is 581 g/mol. The van der Waals surface area contributed by atoms with Gasteiger partial charge in [0, 0.05) is 29.2 Å². The number of hydrogen-bond acceptors (Lipinski definition) is 6. The number of thiazole rings is 1. The number of carbonyl (C=O) groups is 1. The molecule has 1 fully saturated rings. The number of halogens is 3. The molecule has 40 heavy (non-hydrogen) atoms. The van der Waals surface area contributed by atoms with Crippen molar-refractivity contribution in [3.63, 3.8) is 0 Å². The van der Waals surface area contributed by atoms with Gasteiger partial charge in [0.05, 0.1) is 34.8 Å². The van der Waals surface area contributed by atoms with Gasteiger partial charge in [-0.1, -0.05) is 29.8 Å². The maximum Gasteiger partial charge on any atom is 0.335 e. The number of carboxylic acid groups (broad SMARTS) is 1. The molecule has 2 aromatic heterocycles. The summed E-state index contributed by atoms with van der Waals surface area (Å²) >= 11 is 7.04. The summed E-state index contributed by atoms with van der Waals surface area (Å²) in [6, 6.07) is 14.1. The molecule has 0 saturated carbocycles. The number of imidazole rings is 1. The molecule has 11 heteroatoms. The van der Waals surface area contributed by atoms with Crippen LogP contribution in [0.15, 0.2) is 60.1 Å². The van der Waals surface area contributed by atoms with E-state index in [0.29, 0.717) is 58.0 Å². The SMILES string of the molecule is O=C(O)c1ccc2nc(Cc3ccc(-c4scnc4OCc4ccc(Cl)cc4F)c(F)c3)n(C[C@@H]3CCO3)c2c1. The number of hydrogen-bond donors (Lipinski definition) is 1. The smallest absolute Gasteiger partial charge is 0.335 e. The number of ether oxygens (including phenoxy) is 2. The normalized spacial score (nSPS) is 14.8. The Labute approximate surface area is 236 Å². The van der Waals surface area contributed by atoms with E-state index in [9.17, 15) is 14.3 Å². The van der Waals surface area contributed by atoms with Gasteiger partial charge in [-0.3, -0.25) is 0 Å². The number of carboxylic acids is 1. The molecule has 1 aliphatic heterocycles. The van der Waals surface area contributed by atoms with E-state index in [2.05, 4.69) is 4.98 Å². The van der Waals surface area contributed by atoms with E-state index in [4.69, 9.17) is 26.1 Å². The molecule has 0 unspecified atom stereocenters. The molecule has 1 saturated heterocycles. The van der Waals surface area contributed by atoms with Crippen molar-refractivity contribution in [3.05, 3.63) is 99.3 Å². The van der Waals surface area contributed by atoms with Crippen LogP contribution in [0.4, 0.5) is 8.78 Å².